The number of halogens is 2. The Morgan fingerprint density at radius 3 is 2.91 bits per heavy atom. The van der Waals surface area contributed by atoms with Crippen LogP contribution in [0, 0.1) is 5.82 Å². The second-order valence-corrected chi connectivity index (χ2v) is 6.59. The summed E-state index contributed by atoms with van der Waals surface area (Å²) in [5.74, 6) is -0.275. The molecule has 1 aromatic carbocycles. The first-order valence-electron chi connectivity index (χ1n) is 7.83. The second-order valence-electron chi connectivity index (χ2n) is 6.16. The Kier molecular flexibility index (Phi) is 4.54. The molecule has 3 rings (SSSR count). The van der Waals surface area contributed by atoms with Gasteiger partial charge in [0.05, 0.1) is 6.04 Å². The van der Waals surface area contributed by atoms with E-state index in [-0.39, 0.29) is 30.0 Å². The van der Waals surface area contributed by atoms with Gasteiger partial charge in [0.15, 0.2) is 0 Å². The van der Waals surface area contributed by atoms with Crippen LogP contribution < -0.4 is 16.0 Å². The largest absolute Gasteiger partial charge is 0.334 e. The van der Waals surface area contributed by atoms with E-state index >= 15 is 0 Å². The van der Waals surface area contributed by atoms with Crippen LogP contribution in [-0.2, 0) is 6.42 Å². The molecule has 1 aromatic rings. The zero-order valence-corrected chi connectivity index (χ0v) is 13.3. The summed E-state index contributed by atoms with van der Waals surface area (Å²) in [6, 6.07) is 3.15. The highest BCUT2D eigenvalue weighted by molar-refractivity contribution is 6.30. The molecule has 0 spiro atoms. The molecule has 2 amide bonds. The van der Waals surface area contributed by atoms with Gasteiger partial charge in [-0.25, -0.2) is 9.18 Å². The smallest absolute Gasteiger partial charge is 0.315 e. The van der Waals surface area contributed by atoms with Crippen molar-refractivity contribution >= 4 is 17.6 Å². The summed E-state index contributed by atoms with van der Waals surface area (Å²) in [4.78, 5) is 12.2. The number of amides is 2. The number of hydrogen-bond donors (Lipinski definition) is 3. The Bertz CT molecular complexity index is 581. The molecule has 1 aliphatic carbocycles. The van der Waals surface area contributed by atoms with Crippen molar-refractivity contribution in [3.05, 3.63) is 34.1 Å². The first-order chi connectivity index (χ1) is 10.5. The van der Waals surface area contributed by atoms with E-state index in [9.17, 15) is 9.18 Å². The van der Waals surface area contributed by atoms with Crippen LogP contribution in [-0.4, -0.2) is 24.7 Å². The molecule has 1 unspecified atom stereocenters. The van der Waals surface area contributed by atoms with Crippen LogP contribution in [0.5, 0.6) is 0 Å². The van der Waals surface area contributed by atoms with E-state index in [1.165, 1.54) is 6.07 Å². The Balaban J connectivity index is 1.70. The van der Waals surface area contributed by atoms with Gasteiger partial charge >= 0.3 is 6.03 Å². The van der Waals surface area contributed by atoms with Gasteiger partial charge in [-0.05, 0) is 62.4 Å². The van der Waals surface area contributed by atoms with Crippen molar-refractivity contribution in [2.24, 2.45) is 0 Å². The van der Waals surface area contributed by atoms with E-state index < -0.39 is 0 Å². The van der Waals surface area contributed by atoms with Crippen LogP contribution in [0.4, 0.5) is 9.18 Å². The molecular formula is C16H21ClFN3O. The van der Waals surface area contributed by atoms with Crippen molar-refractivity contribution in [3.63, 3.8) is 0 Å². The number of hydrogen-bond acceptors (Lipinski definition) is 2. The zero-order chi connectivity index (χ0) is 15.7. The molecule has 1 aliphatic heterocycles. The van der Waals surface area contributed by atoms with E-state index in [0.717, 1.165) is 31.4 Å². The monoisotopic (exact) mass is 325 g/mol. The van der Waals surface area contributed by atoms with Gasteiger partial charge in [-0.3, -0.25) is 0 Å². The van der Waals surface area contributed by atoms with Crippen LogP contribution in [0.25, 0.3) is 0 Å². The molecule has 1 heterocycles. The van der Waals surface area contributed by atoms with Gasteiger partial charge in [0.25, 0.3) is 0 Å². The Hall–Kier alpha value is -1.33. The fourth-order valence-electron chi connectivity index (χ4n) is 3.41. The lowest BCUT2D eigenvalue weighted by atomic mass is 9.87. The molecule has 4 nitrogen and oxygen atoms in total. The normalized spacial score (nSPS) is 27.3. The van der Waals surface area contributed by atoms with E-state index in [4.69, 9.17) is 11.6 Å². The van der Waals surface area contributed by atoms with Crippen molar-refractivity contribution in [2.75, 3.05) is 6.54 Å². The van der Waals surface area contributed by atoms with Gasteiger partial charge in [0.2, 0.25) is 0 Å². The molecule has 0 aromatic heterocycles. The number of fused-ring (bicyclic) bond motifs is 1. The summed E-state index contributed by atoms with van der Waals surface area (Å²) in [5, 5.41) is 9.64. The fourth-order valence-corrected chi connectivity index (χ4v) is 3.62. The summed E-state index contributed by atoms with van der Waals surface area (Å²) in [7, 11) is 0. The molecule has 0 radical (unpaired) electrons. The number of urea groups is 1. The molecule has 1 fully saturated rings. The van der Waals surface area contributed by atoms with Crippen molar-refractivity contribution in [1.82, 2.24) is 16.0 Å². The van der Waals surface area contributed by atoms with Crippen molar-refractivity contribution in [3.8, 4) is 0 Å². The van der Waals surface area contributed by atoms with Crippen molar-refractivity contribution in [2.45, 2.75) is 50.7 Å². The molecule has 120 valence electrons. The molecule has 22 heavy (non-hydrogen) atoms. The summed E-state index contributed by atoms with van der Waals surface area (Å²) in [6.45, 7) is 2.97. The maximum atomic E-state index is 14.0. The van der Waals surface area contributed by atoms with Crippen molar-refractivity contribution < 1.29 is 9.18 Å². The average Bonchev–Trinajstić information content (AvgIpc) is 2.85. The highest BCUT2D eigenvalue weighted by atomic mass is 35.5. The van der Waals surface area contributed by atoms with Gasteiger partial charge in [-0.15, -0.1) is 0 Å². The summed E-state index contributed by atoms with van der Waals surface area (Å²) in [6.07, 6.45) is 3.29. The van der Waals surface area contributed by atoms with Gasteiger partial charge in [-0.1, -0.05) is 11.6 Å². The molecule has 0 saturated carbocycles. The number of carbonyl (C=O) groups is 1. The van der Waals surface area contributed by atoms with Gasteiger partial charge in [-0.2, -0.15) is 0 Å². The molecule has 2 aliphatic rings. The summed E-state index contributed by atoms with van der Waals surface area (Å²) < 4.78 is 14.0. The standard InChI is InChI=1S/C16H21ClFN3O/c1-9-14(5-6-19-9)20-16(22)21-15-4-2-3-11-12(15)7-10(17)8-13(11)18/h7-9,14-15,19H,2-6H2,1H3,(H2,20,21,22)/t9-,14+,15?/m0/s1. The number of carbonyl (C=O) groups excluding carboxylic acids is 1. The molecule has 3 atom stereocenters. The molecule has 0 bridgehead atoms. The lowest BCUT2D eigenvalue weighted by Crippen LogP contribution is -2.47. The minimum absolute atomic E-state index is 0.138. The topological polar surface area (TPSA) is 53.2 Å². The fraction of sp³-hybridized carbons (Fsp3) is 0.562. The Morgan fingerprint density at radius 2 is 2.18 bits per heavy atom. The van der Waals surface area contributed by atoms with Crippen LogP contribution in [0.3, 0.4) is 0 Å². The summed E-state index contributed by atoms with van der Waals surface area (Å²) >= 11 is 5.96. The number of benzene rings is 1. The first kappa shape index (κ1) is 15.6. The minimum atomic E-state index is -0.275. The van der Waals surface area contributed by atoms with E-state index in [1.54, 1.807) is 6.07 Å². The van der Waals surface area contributed by atoms with Gasteiger partial charge in [0.1, 0.15) is 5.82 Å². The number of nitrogens with one attached hydrogen (secondary N) is 3. The highest BCUT2D eigenvalue weighted by Gasteiger charge is 2.28. The zero-order valence-electron chi connectivity index (χ0n) is 12.6. The van der Waals surface area contributed by atoms with E-state index in [1.807, 2.05) is 0 Å². The van der Waals surface area contributed by atoms with Crippen molar-refractivity contribution in [1.29, 1.82) is 0 Å². The quantitative estimate of drug-likeness (QED) is 0.783. The molecule has 6 heteroatoms. The summed E-state index contributed by atoms with van der Waals surface area (Å²) in [5.41, 5.74) is 1.49. The van der Waals surface area contributed by atoms with Crippen LogP contribution in [0.2, 0.25) is 5.02 Å². The van der Waals surface area contributed by atoms with E-state index in [2.05, 4.69) is 22.9 Å². The predicted molar refractivity (Wildman–Crippen MR) is 84.6 cm³/mol. The maximum Gasteiger partial charge on any atom is 0.315 e. The molecule has 1 saturated heterocycles. The maximum absolute atomic E-state index is 14.0. The Morgan fingerprint density at radius 1 is 1.36 bits per heavy atom. The molecular weight excluding hydrogens is 305 g/mol. The third-order valence-electron chi connectivity index (χ3n) is 4.64. The third-order valence-corrected chi connectivity index (χ3v) is 4.85. The highest BCUT2D eigenvalue weighted by Crippen LogP contribution is 2.33. The average molecular weight is 326 g/mol. The lowest BCUT2D eigenvalue weighted by molar-refractivity contribution is 0.230. The number of rotatable bonds is 2. The lowest BCUT2D eigenvalue weighted by Gasteiger charge is -2.28. The molecule has 3 N–H and O–H groups in total. The van der Waals surface area contributed by atoms with Crippen LogP contribution in [0.1, 0.15) is 43.4 Å². The van der Waals surface area contributed by atoms with E-state index in [0.29, 0.717) is 17.0 Å². The van der Waals surface area contributed by atoms with Gasteiger partial charge in [0, 0.05) is 17.1 Å². The first-order valence-corrected chi connectivity index (χ1v) is 8.20. The SMILES string of the molecule is C[C@@H]1NCC[C@H]1NC(=O)NC1CCCc2c(F)cc(Cl)cc21. The van der Waals surface area contributed by atoms with Crippen LogP contribution in [0.15, 0.2) is 12.1 Å². The third kappa shape index (κ3) is 3.20. The predicted octanol–water partition coefficient (Wildman–Crippen LogP) is 2.91. The second kappa shape index (κ2) is 6.42. The minimum Gasteiger partial charge on any atom is -0.334 e. The van der Waals surface area contributed by atoms with Gasteiger partial charge < -0.3 is 16.0 Å². The Labute approximate surface area is 134 Å². The van der Waals surface area contributed by atoms with Crippen LogP contribution >= 0.6 is 11.6 Å².